The number of nitrogen functional groups attached to an aromatic ring is 1. The molecule has 106 valence electrons. The van der Waals surface area contributed by atoms with Gasteiger partial charge in [0, 0.05) is 25.4 Å². The second-order valence-corrected chi connectivity index (χ2v) is 4.01. The fraction of sp³-hybridized carbons (Fsp3) is 0.545. The van der Waals surface area contributed by atoms with Gasteiger partial charge in [-0.15, -0.1) is 0 Å². The van der Waals surface area contributed by atoms with Gasteiger partial charge in [0.25, 0.3) is 0 Å². The van der Waals surface area contributed by atoms with E-state index in [0.717, 1.165) is 5.69 Å². The van der Waals surface area contributed by atoms with Gasteiger partial charge in [-0.3, -0.25) is 10.2 Å². The van der Waals surface area contributed by atoms with Crippen molar-refractivity contribution in [1.82, 2.24) is 15.3 Å². The molecular weight excluding hydrogens is 248 g/mol. The molecule has 8 heteroatoms. The maximum Gasteiger partial charge on any atom is 0.242 e. The third kappa shape index (κ3) is 5.06. The van der Waals surface area contributed by atoms with Crippen LogP contribution in [0.2, 0.25) is 0 Å². The first-order valence-electron chi connectivity index (χ1n) is 5.92. The number of carbonyl (C=O) groups excluding carboxylic acids is 1. The quantitative estimate of drug-likeness (QED) is 0.303. The lowest BCUT2D eigenvalue weighted by Crippen LogP contribution is -2.39. The van der Waals surface area contributed by atoms with Crippen molar-refractivity contribution in [3.05, 3.63) is 11.8 Å². The third-order valence-corrected chi connectivity index (χ3v) is 2.35. The van der Waals surface area contributed by atoms with Crippen molar-refractivity contribution in [3.8, 4) is 0 Å². The van der Waals surface area contributed by atoms with Crippen LogP contribution < -0.4 is 21.9 Å². The van der Waals surface area contributed by atoms with Crippen LogP contribution in [0.3, 0.4) is 0 Å². The predicted octanol–water partition coefficient (Wildman–Crippen LogP) is -0.366. The van der Waals surface area contributed by atoms with Crippen molar-refractivity contribution < 1.29 is 9.53 Å². The molecule has 0 spiro atoms. The number of amides is 1. The van der Waals surface area contributed by atoms with Crippen LogP contribution in [0.25, 0.3) is 0 Å². The maximum atomic E-state index is 11.7. The average Bonchev–Trinajstić information content (AvgIpc) is 2.38. The maximum absolute atomic E-state index is 11.7. The Morgan fingerprint density at radius 3 is 2.89 bits per heavy atom. The molecule has 0 bridgehead atoms. The fourth-order valence-corrected chi connectivity index (χ4v) is 1.42. The number of hydrogen-bond acceptors (Lipinski definition) is 7. The normalized spacial score (nSPS) is 11.8. The number of anilines is 2. The number of rotatable bonds is 7. The van der Waals surface area contributed by atoms with Crippen LogP contribution in [0.15, 0.2) is 6.07 Å². The predicted molar refractivity (Wildman–Crippen MR) is 72.5 cm³/mol. The van der Waals surface area contributed by atoms with Crippen LogP contribution in [-0.4, -0.2) is 42.2 Å². The molecule has 1 unspecified atom stereocenters. The minimum atomic E-state index is -0.420. The molecule has 1 heterocycles. The number of hydrazine groups is 1. The molecule has 0 aliphatic rings. The highest BCUT2D eigenvalue weighted by molar-refractivity contribution is 5.83. The molecule has 0 saturated heterocycles. The largest absolute Gasteiger partial charge is 0.383 e. The Kier molecular flexibility index (Phi) is 5.97. The molecule has 0 fully saturated rings. The molecule has 5 N–H and O–H groups in total. The van der Waals surface area contributed by atoms with Crippen molar-refractivity contribution in [3.63, 3.8) is 0 Å². The number of aromatic nitrogens is 2. The molecule has 0 aromatic carbocycles. The lowest BCUT2D eigenvalue weighted by Gasteiger charge is -2.15. The number of methoxy groups -OCH3 is 1. The van der Waals surface area contributed by atoms with E-state index in [1.165, 1.54) is 0 Å². The highest BCUT2D eigenvalue weighted by atomic mass is 16.5. The molecule has 19 heavy (non-hydrogen) atoms. The molecule has 1 rings (SSSR count). The van der Waals surface area contributed by atoms with Gasteiger partial charge < -0.3 is 15.4 Å². The molecule has 1 amide bonds. The van der Waals surface area contributed by atoms with E-state index in [-0.39, 0.29) is 5.91 Å². The first kappa shape index (κ1) is 15.1. The summed E-state index contributed by atoms with van der Waals surface area (Å²) in [5.74, 6) is 5.97. The smallest absolute Gasteiger partial charge is 0.242 e. The van der Waals surface area contributed by atoms with Crippen molar-refractivity contribution in [2.24, 2.45) is 5.84 Å². The molecule has 1 aromatic rings. The zero-order chi connectivity index (χ0) is 14.3. The van der Waals surface area contributed by atoms with E-state index in [1.807, 2.05) is 6.92 Å². The van der Waals surface area contributed by atoms with Crippen molar-refractivity contribution in [2.75, 3.05) is 31.0 Å². The average molecular weight is 268 g/mol. The first-order valence-corrected chi connectivity index (χ1v) is 5.92. The second-order valence-electron chi connectivity index (χ2n) is 4.01. The van der Waals surface area contributed by atoms with Crippen molar-refractivity contribution in [1.29, 1.82) is 0 Å². The summed E-state index contributed by atoms with van der Waals surface area (Å²) < 4.78 is 4.86. The van der Waals surface area contributed by atoms with Gasteiger partial charge in [0.2, 0.25) is 11.9 Å². The van der Waals surface area contributed by atoms with Gasteiger partial charge in [-0.1, -0.05) is 0 Å². The second kappa shape index (κ2) is 7.49. The number of carbonyl (C=O) groups is 1. The van der Waals surface area contributed by atoms with Crippen LogP contribution >= 0.6 is 0 Å². The van der Waals surface area contributed by atoms with Gasteiger partial charge in [-0.2, -0.15) is 4.98 Å². The Morgan fingerprint density at radius 1 is 1.53 bits per heavy atom. The number of ether oxygens (including phenoxy) is 1. The highest BCUT2D eigenvalue weighted by Crippen LogP contribution is 2.09. The van der Waals surface area contributed by atoms with E-state index in [0.29, 0.717) is 24.9 Å². The summed E-state index contributed by atoms with van der Waals surface area (Å²) in [5, 5.41) is 5.72. The van der Waals surface area contributed by atoms with E-state index in [1.54, 1.807) is 20.1 Å². The number of hydrogen-bond donors (Lipinski definition) is 4. The zero-order valence-electron chi connectivity index (χ0n) is 11.4. The van der Waals surface area contributed by atoms with E-state index in [4.69, 9.17) is 10.6 Å². The minimum absolute atomic E-state index is 0.129. The molecule has 0 aliphatic carbocycles. The van der Waals surface area contributed by atoms with E-state index >= 15 is 0 Å². The van der Waals surface area contributed by atoms with E-state index in [2.05, 4.69) is 26.0 Å². The Labute approximate surface area is 112 Å². The summed E-state index contributed by atoms with van der Waals surface area (Å²) in [4.78, 5) is 19.9. The van der Waals surface area contributed by atoms with Gasteiger partial charge in [-0.05, 0) is 13.8 Å². The van der Waals surface area contributed by atoms with E-state index in [9.17, 15) is 4.79 Å². The summed E-state index contributed by atoms with van der Waals surface area (Å²) in [7, 11) is 1.58. The monoisotopic (exact) mass is 268 g/mol. The van der Waals surface area contributed by atoms with E-state index < -0.39 is 6.04 Å². The number of nitrogens with zero attached hydrogens (tertiary/aromatic N) is 2. The van der Waals surface area contributed by atoms with Gasteiger partial charge in [0.1, 0.15) is 11.9 Å². The summed E-state index contributed by atoms with van der Waals surface area (Å²) in [6.07, 6.45) is 0. The lowest BCUT2D eigenvalue weighted by atomic mass is 10.3. The fourth-order valence-electron chi connectivity index (χ4n) is 1.42. The van der Waals surface area contributed by atoms with Gasteiger partial charge in [0.05, 0.1) is 6.61 Å². The SMILES string of the molecule is COCCNC(=O)C(C)Nc1cc(C)nc(NN)n1. The first-order chi connectivity index (χ1) is 9.06. The minimum Gasteiger partial charge on any atom is -0.383 e. The third-order valence-electron chi connectivity index (χ3n) is 2.35. The highest BCUT2D eigenvalue weighted by Gasteiger charge is 2.13. The van der Waals surface area contributed by atoms with Gasteiger partial charge in [-0.25, -0.2) is 10.8 Å². The lowest BCUT2D eigenvalue weighted by molar-refractivity contribution is -0.121. The number of aryl methyl sites for hydroxylation is 1. The van der Waals surface area contributed by atoms with Gasteiger partial charge >= 0.3 is 0 Å². The molecule has 0 radical (unpaired) electrons. The van der Waals surface area contributed by atoms with Crippen molar-refractivity contribution in [2.45, 2.75) is 19.9 Å². The number of nitrogens with two attached hydrogens (primary N) is 1. The van der Waals surface area contributed by atoms with Crippen LogP contribution in [0.4, 0.5) is 11.8 Å². The molecule has 0 aliphatic heterocycles. The topological polar surface area (TPSA) is 114 Å². The van der Waals surface area contributed by atoms with Crippen molar-refractivity contribution >= 4 is 17.7 Å². The standard InChI is InChI=1S/C11H20N6O2/c1-7-6-9(16-11(14-7)17-12)15-8(2)10(18)13-4-5-19-3/h6,8H,4-5,12H2,1-3H3,(H,13,18)(H2,14,15,16,17). The summed E-state index contributed by atoms with van der Waals surface area (Å²) in [6, 6.07) is 1.32. The molecular formula is C11H20N6O2. The van der Waals surface area contributed by atoms with Crippen LogP contribution in [-0.2, 0) is 9.53 Å². The molecule has 1 atom stereocenters. The summed E-state index contributed by atoms with van der Waals surface area (Å²) >= 11 is 0. The molecule has 0 saturated carbocycles. The number of nitrogens with one attached hydrogen (secondary N) is 3. The molecule has 8 nitrogen and oxygen atoms in total. The summed E-state index contributed by atoms with van der Waals surface area (Å²) in [6.45, 7) is 4.51. The Morgan fingerprint density at radius 2 is 2.26 bits per heavy atom. The Bertz CT molecular complexity index is 426. The Hall–Kier alpha value is -1.93. The van der Waals surface area contributed by atoms with Crippen LogP contribution in [0, 0.1) is 6.92 Å². The molecule has 1 aromatic heterocycles. The van der Waals surface area contributed by atoms with Crippen LogP contribution in [0.5, 0.6) is 0 Å². The van der Waals surface area contributed by atoms with Crippen LogP contribution in [0.1, 0.15) is 12.6 Å². The summed E-state index contributed by atoms with van der Waals surface area (Å²) in [5.41, 5.74) is 3.12. The Balaban J connectivity index is 2.58. The zero-order valence-corrected chi connectivity index (χ0v) is 11.4. The van der Waals surface area contributed by atoms with Gasteiger partial charge in [0.15, 0.2) is 0 Å².